The van der Waals surface area contributed by atoms with Crippen LogP contribution >= 0.6 is 12.4 Å². The average Bonchev–Trinajstić information content (AvgIpc) is 3.02. The molecule has 134 valence electrons. The second-order valence-electron chi connectivity index (χ2n) is 7.02. The summed E-state index contributed by atoms with van der Waals surface area (Å²) in [7, 11) is 1.69. The summed E-state index contributed by atoms with van der Waals surface area (Å²) >= 11 is 0. The number of nitrogens with two attached hydrogens (primary N) is 1. The zero-order chi connectivity index (χ0) is 16.2. The van der Waals surface area contributed by atoms with Crippen molar-refractivity contribution in [3.8, 4) is 5.75 Å². The lowest BCUT2D eigenvalue weighted by Crippen LogP contribution is -2.45. The first kappa shape index (κ1) is 19.1. The molecule has 5 heteroatoms. The van der Waals surface area contributed by atoms with Gasteiger partial charge in [0.25, 0.3) is 0 Å². The molecule has 1 saturated carbocycles. The molecule has 2 fully saturated rings. The standard InChI is InChI=1S/C19H28N2O2.ClH/c1-23-16-7-5-14(6-8-16)13-15-9-11-21(12-10-15)19(22)17-3-2-4-18(17)20;/h5-8,15,17-18H,2-4,9-13,20H2,1H3;1H. The molecular formula is C19H29ClN2O2. The van der Waals surface area contributed by atoms with E-state index in [0.29, 0.717) is 11.8 Å². The van der Waals surface area contributed by atoms with Gasteiger partial charge in [0.1, 0.15) is 5.75 Å². The fourth-order valence-corrected chi connectivity index (χ4v) is 3.98. The Labute approximate surface area is 151 Å². The van der Waals surface area contributed by atoms with Gasteiger partial charge in [0.15, 0.2) is 0 Å². The van der Waals surface area contributed by atoms with Crippen molar-refractivity contribution < 1.29 is 9.53 Å². The minimum Gasteiger partial charge on any atom is -0.497 e. The van der Waals surface area contributed by atoms with Crippen LogP contribution in [-0.4, -0.2) is 37.0 Å². The fraction of sp³-hybridized carbons (Fsp3) is 0.632. The molecule has 4 nitrogen and oxygen atoms in total. The molecule has 1 heterocycles. The number of piperidine rings is 1. The van der Waals surface area contributed by atoms with E-state index in [1.807, 2.05) is 12.1 Å². The van der Waals surface area contributed by atoms with Gasteiger partial charge in [0.2, 0.25) is 5.91 Å². The van der Waals surface area contributed by atoms with Crippen LogP contribution in [-0.2, 0) is 11.2 Å². The molecule has 0 aromatic heterocycles. The maximum atomic E-state index is 12.6. The molecule has 24 heavy (non-hydrogen) atoms. The van der Waals surface area contributed by atoms with Crippen LogP contribution in [0.3, 0.4) is 0 Å². The zero-order valence-corrected chi connectivity index (χ0v) is 15.3. The van der Waals surface area contributed by atoms with Crippen LogP contribution in [0.1, 0.15) is 37.7 Å². The van der Waals surface area contributed by atoms with Crippen molar-refractivity contribution in [1.82, 2.24) is 4.90 Å². The van der Waals surface area contributed by atoms with Crippen molar-refractivity contribution in [3.05, 3.63) is 29.8 Å². The first-order valence-electron chi connectivity index (χ1n) is 8.84. The first-order valence-corrected chi connectivity index (χ1v) is 8.84. The minimum absolute atomic E-state index is 0. The van der Waals surface area contributed by atoms with E-state index in [4.69, 9.17) is 10.5 Å². The number of rotatable bonds is 4. The molecule has 2 unspecified atom stereocenters. The number of nitrogens with zero attached hydrogens (tertiary/aromatic N) is 1. The van der Waals surface area contributed by atoms with E-state index < -0.39 is 0 Å². The number of ether oxygens (including phenoxy) is 1. The van der Waals surface area contributed by atoms with Gasteiger partial charge in [-0.15, -0.1) is 12.4 Å². The maximum absolute atomic E-state index is 12.6. The van der Waals surface area contributed by atoms with Crippen LogP contribution in [0.25, 0.3) is 0 Å². The van der Waals surface area contributed by atoms with E-state index in [1.165, 1.54) is 5.56 Å². The van der Waals surface area contributed by atoms with E-state index >= 15 is 0 Å². The molecule has 1 saturated heterocycles. The summed E-state index contributed by atoms with van der Waals surface area (Å²) in [6.45, 7) is 1.78. The molecule has 1 aromatic carbocycles. The summed E-state index contributed by atoms with van der Waals surface area (Å²) < 4.78 is 5.20. The fourth-order valence-electron chi connectivity index (χ4n) is 3.98. The number of halogens is 1. The summed E-state index contributed by atoms with van der Waals surface area (Å²) in [6.07, 6.45) is 6.37. The van der Waals surface area contributed by atoms with E-state index in [0.717, 1.165) is 57.4 Å². The molecule has 2 aliphatic rings. The SMILES string of the molecule is COc1ccc(CC2CCN(C(=O)C3CCCC3N)CC2)cc1.Cl. The highest BCUT2D eigenvalue weighted by Gasteiger charge is 2.34. The number of hydrogen-bond donors (Lipinski definition) is 1. The largest absolute Gasteiger partial charge is 0.497 e. The molecule has 1 aliphatic carbocycles. The number of amides is 1. The van der Waals surface area contributed by atoms with Gasteiger partial charge in [-0.05, 0) is 55.7 Å². The van der Waals surface area contributed by atoms with Gasteiger partial charge in [-0.3, -0.25) is 4.79 Å². The van der Waals surface area contributed by atoms with Crippen molar-refractivity contribution in [2.45, 2.75) is 44.6 Å². The average molecular weight is 353 g/mol. The quantitative estimate of drug-likeness (QED) is 0.906. The predicted octanol–water partition coefficient (Wildman–Crippen LogP) is 3.03. The van der Waals surface area contributed by atoms with E-state index in [1.54, 1.807) is 7.11 Å². The minimum atomic E-state index is 0. The van der Waals surface area contributed by atoms with Gasteiger partial charge in [0, 0.05) is 19.1 Å². The Morgan fingerprint density at radius 1 is 1.17 bits per heavy atom. The first-order chi connectivity index (χ1) is 11.2. The Morgan fingerprint density at radius 2 is 1.83 bits per heavy atom. The highest BCUT2D eigenvalue weighted by molar-refractivity contribution is 5.85. The summed E-state index contributed by atoms with van der Waals surface area (Å²) in [5.41, 5.74) is 7.44. The van der Waals surface area contributed by atoms with Gasteiger partial charge in [-0.1, -0.05) is 18.6 Å². The lowest BCUT2D eigenvalue weighted by atomic mass is 9.89. The highest BCUT2D eigenvalue weighted by Crippen LogP contribution is 2.29. The van der Waals surface area contributed by atoms with Crippen LogP contribution in [0.2, 0.25) is 0 Å². The Bertz CT molecular complexity index is 527. The van der Waals surface area contributed by atoms with Gasteiger partial charge in [0.05, 0.1) is 13.0 Å². The number of methoxy groups -OCH3 is 1. The van der Waals surface area contributed by atoms with E-state index in [2.05, 4.69) is 17.0 Å². The maximum Gasteiger partial charge on any atom is 0.227 e. The van der Waals surface area contributed by atoms with Gasteiger partial charge in [-0.25, -0.2) is 0 Å². The Balaban J connectivity index is 0.00000208. The van der Waals surface area contributed by atoms with Crippen molar-refractivity contribution in [2.75, 3.05) is 20.2 Å². The molecule has 0 spiro atoms. The molecular weight excluding hydrogens is 324 g/mol. The van der Waals surface area contributed by atoms with Crippen molar-refractivity contribution >= 4 is 18.3 Å². The van der Waals surface area contributed by atoms with Crippen molar-refractivity contribution in [1.29, 1.82) is 0 Å². The van der Waals surface area contributed by atoms with Crippen molar-refractivity contribution in [2.24, 2.45) is 17.6 Å². The number of likely N-dealkylation sites (tertiary alicyclic amines) is 1. The molecule has 3 rings (SSSR count). The zero-order valence-electron chi connectivity index (χ0n) is 14.4. The number of carbonyl (C=O) groups is 1. The molecule has 1 aliphatic heterocycles. The second-order valence-corrected chi connectivity index (χ2v) is 7.02. The topological polar surface area (TPSA) is 55.6 Å². The molecule has 0 bridgehead atoms. The second kappa shape index (κ2) is 8.72. The molecule has 0 radical (unpaired) electrons. The third-order valence-electron chi connectivity index (χ3n) is 5.50. The van der Waals surface area contributed by atoms with Gasteiger partial charge in [-0.2, -0.15) is 0 Å². The summed E-state index contributed by atoms with van der Waals surface area (Å²) in [5.74, 6) is 1.96. The Morgan fingerprint density at radius 3 is 2.38 bits per heavy atom. The van der Waals surface area contributed by atoms with Crippen LogP contribution in [0.4, 0.5) is 0 Å². The predicted molar refractivity (Wildman–Crippen MR) is 98.6 cm³/mol. The van der Waals surface area contributed by atoms with E-state index in [-0.39, 0.29) is 24.4 Å². The molecule has 1 amide bonds. The lowest BCUT2D eigenvalue weighted by molar-refractivity contribution is -0.137. The molecule has 2 N–H and O–H groups in total. The van der Waals surface area contributed by atoms with Gasteiger partial charge < -0.3 is 15.4 Å². The van der Waals surface area contributed by atoms with Gasteiger partial charge >= 0.3 is 0 Å². The Kier molecular flexibility index (Phi) is 6.93. The number of carbonyl (C=O) groups excluding carboxylic acids is 1. The van der Waals surface area contributed by atoms with Crippen LogP contribution in [0.15, 0.2) is 24.3 Å². The number of benzene rings is 1. The number of hydrogen-bond acceptors (Lipinski definition) is 3. The molecule has 1 aromatic rings. The normalized spacial score (nSPS) is 24.5. The summed E-state index contributed by atoms with van der Waals surface area (Å²) in [4.78, 5) is 14.6. The van der Waals surface area contributed by atoms with E-state index in [9.17, 15) is 4.79 Å². The van der Waals surface area contributed by atoms with Crippen LogP contribution in [0, 0.1) is 11.8 Å². The summed E-state index contributed by atoms with van der Waals surface area (Å²) in [5, 5.41) is 0. The van der Waals surface area contributed by atoms with Crippen LogP contribution < -0.4 is 10.5 Å². The third-order valence-corrected chi connectivity index (χ3v) is 5.50. The third kappa shape index (κ3) is 4.42. The Hall–Kier alpha value is -1.26. The van der Waals surface area contributed by atoms with Crippen LogP contribution in [0.5, 0.6) is 5.75 Å². The monoisotopic (exact) mass is 352 g/mol. The lowest BCUT2D eigenvalue weighted by Gasteiger charge is -2.34. The smallest absolute Gasteiger partial charge is 0.227 e. The highest BCUT2D eigenvalue weighted by atomic mass is 35.5. The summed E-state index contributed by atoms with van der Waals surface area (Å²) in [6, 6.07) is 8.42. The molecule has 2 atom stereocenters. The van der Waals surface area contributed by atoms with Crippen molar-refractivity contribution in [3.63, 3.8) is 0 Å².